The summed E-state index contributed by atoms with van der Waals surface area (Å²) in [6.45, 7) is 7.31. The van der Waals surface area contributed by atoms with Crippen molar-refractivity contribution in [3.8, 4) is 0 Å². The summed E-state index contributed by atoms with van der Waals surface area (Å²) in [5.74, 6) is -1.36. The van der Waals surface area contributed by atoms with Crippen LogP contribution in [0.1, 0.15) is 420 Å². The first kappa shape index (κ1) is 96.1. The van der Waals surface area contributed by atoms with Crippen molar-refractivity contribution < 1.29 is 80.2 Å². The van der Waals surface area contributed by atoms with Gasteiger partial charge in [-0.15, -0.1) is 0 Å². The zero-order valence-electron chi connectivity index (χ0n) is 63.9. The fraction of sp³-hybridized carbons (Fsp3) is 0.949. The van der Waals surface area contributed by atoms with Gasteiger partial charge in [0.25, 0.3) is 0 Å². The van der Waals surface area contributed by atoms with Crippen molar-refractivity contribution in [2.45, 2.75) is 438 Å². The van der Waals surface area contributed by atoms with Gasteiger partial charge in [-0.1, -0.05) is 369 Å². The third-order valence-electron chi connectivity index (χ3n) is 18.5. The van der Waals surface area contributed by atoms with Crippen LogP contribution in [0.5, 0.6) is 0 Å². The van der Waals surface area contributed by atoms with Gasteiger partial charge < -0.3 is 33.8 Å². The maximum Gasteiger partial charge on any atom is 0.472 e. The van der Waals surface area contributed by atoms with E-state index in [1.54, 1.807) is 0 Å². The fourth-order valence-electron chi connectivity index (χ4n) is 12.2. The average molecular weight is 1440 g/mol. The van der Waals surface area contributed by atoms with E-state index in [4.69, 9.17) is 37.0 Å². The second-order valence-electron chi connectivity index (χ2n) is 28.9. The molecule has 0 aliphatic heterocycles. The lowest BCUT2D eigenvalue weighted by Gasteiger charge is -2.21. The number of rotatable bonds is 79. The average Bonchev–Trinajstić information content (AvgIpc) is 1.16. The Bertz CT molecular complexity index is 1870. The number of ether oxygens (including phenoxy) is 4. The molecule has 17 nitrogen and oxygen atoms in total. The van der Waals surface area contributed by atoms with Gasteiger partial charge in [0, 0.05) is 25.7 Å². The molecule has 0 aliphatic carbocycles. The highest BCUT2D eigenvalue weighted by Crippen LogP contribution is 2.45. The summed E-state index contributed by atoms with van der Waals surface area (Å²) < 4.78 is 68.7. The van der Waals surface area contributed by atoms with Gasteiger partial charge >= 0.3 is 39.5 Å². The Balaban J connectivity index is 5.25. The van der Waals surface area contributed by atoms with Gasteiger partial charge in [-0.05, 0) is 31.6 Å². The smallest absolute Gasteiger partial charge is 0.462 e. The number of hydrogen-bond donors (Lipinski definition) is 3. The summed E-state index contributed by atoms with van der Waals surface area (Å²) in [5.41, 5.74) is 0. The van der Waals surface area contributed by atoms with Gasteiger partial charge in [0.15, 0.2) is 12.2 Å². The number of phosphoric ester groups is 2. The van der Waals surface area contributed by atoms with Crippen molar-refractivity contribution in [1.82, 2.24) is 0 Å². The van der Waals surface area contributed by atoms with E-state index in [9.17, 15) is 43.2 Å². The maximum absolute atomic E-state index is 13.1. The molecule has 0 aromatic carbocycles. The second-order valence-corrected chi connectivity index (χ2v) is 31.8. The van der Waals surface area contributed by atoms with E-state index < -0.39 is 97.5 Å². The van der Waals surface area contributed by atoms with Crippen LogP contribution in [0.4, 0.5) is 0 Å². The molecule has 0 heterocycles. The molecular weight excluding hydrogens is 1280 g/mol. The molecule has 0 aliphatic rings. The Morgan fingerprint density at radius 3 is 0.694 bits per heavy atom. The molecule has 0 aromatic rings. The molecule has 3 N–H and O–H groups in total. The molecule has 5 atom stereocenters. The molecule has 0 saturated heterocycles. The Kier molecular flexibility index (Phi) is 70.6. The number of esters is 4. The van der Waals surface area contributed by atoms with Crippen molar-refractivity contribution in [3.05, 3.63) is 0 Å². The molecule has 0 amide bonds. The highest BCUT2D eigenvalue weighted by Gasteiger charge is 2.30. The van der Waals surface area contributed by atoms with E-state index in [2.05, 4.69) is 34.6 Å². The van der Waals surface area contributed by atoms with Gasteiger partial charge in [0.05, 0.1) is 26.4 Å². The van der Waals surface area contributed by atoms with E-state index in [1.165, 1.54) is 244 Å². The molecule has 0 aromatic heterocycles. The Labute approximate surface area is 600 Å². The molecule has 0 spiro atoms. The third-order valence-corrected chi connectivity index (χ3v) is 20.4. The zero-order chi connectivity index (χ0) is 71.9. The predicted octanol–water partition coefficient (Wildman–Crippen LogP) is 23.6. The molecule has 0 radical (unpaired) electrons. The standard InChI is InChI=1S/C79H154O17P2/c1-6-9-12-15-18-21-24-26-28-30-32-34-37-43-48-53-58-63-77(82)90-69-74(95-78(83)64-59-54-49-44-38-35-33-31-29-27-25-22-19-16-13-10-7-2)70-93-97(85,86)91-66-73(80)67-92-98(87,88)94-71-75(68-89-76(81)62-57-52-47-42-36-23-20-17-14-11-8-3)96-79(84)65-60-55-50-45-40-39-41-46-51-56-61-72(4)5/h72-75,80H,6-71H2,1-5H3,(H,85,86)(H,87,88)/t73-,74-,75-/m1/s1. The van der Waals surface area contributed by atoms with Gasteiger partial charge in [0.1, 0.15) is 19.3 Å². The third kappa shape index (κ3) is 72.4. The molecule has 0 bridgehead atoms. The number of carbonyl (C=O) groups is 4. The van der Waals surface area contributed by atoms with Crippen LogP contribution in [-0.4, -0.2) is 96.7 Å². The number of unbranched alkanes of at least 4 members (excludes halogenated alkanes) is 51. The maximum atomic E-state index is 13.1. The molecule has 582 valence electrons. The van der Waals surface area contributed by atoms with E-state index in [0.29, 0.717) is 25.7 Å². The van der Waals surface area contributed by atoms with Crippen LogP contribution in [0.3, 0.4) is 0 Å². The van der Waals surface area contributed by atoms with Gasteiger partial charge in [-0.2, -0.15) is 0 Å². The fourth-order valence-corrected chi connectivity index (χ4v) is 13.8. The normalized spacial score (nSPS) is 13.9. The van der Waals surface area contributed by atoms with Crippen LogP contribution in [-0.2, 0) is 65.4 Å². The van der Waals surface area contributed by atoms with Crippen LogP contribution in [0.15, 0.2) is 0 Å². The van der Waals surface area contributed by atoms with Gasteiger partial charge in [-0.25, -0.2) is 9.13 Å². The highest BCUT2D eigenvalue weighted by molar-refractivity contribution is 7.47. The molecule has 0 saturated carbocycles. The van der Waals surface area contributed by atoms with Crippen LogP contribution < -0.4 is 0 Å². The zero-order valence-corrected chi connectivity index (χ0v) is 65.7. The first-order chi connectivity index (χ1) is 47.5. The largest absolute Gasteiger partial charge is 0.472 e. The van der Waals surface area contributed by atoms with Crippen LogP contribution >= 0.6 is 15.6 Å². The number of hydrogen-bond acceptors (Lipinski definition) is 15. The van der Waals surface area contributed by atoms with Gasteiger partial charge in [-0.3, -0.25) is 37.3 Å². The SMILES string of the molecule is CCCCCCCCCCCCCCCCCCCC(=O)OC[C@H](COP(=O)(O)OC[C@@H](O)COP(=O)(O)OC[C@@H](COC(=O)CCCCCCCCCCCCC)OC(=O)CCCCCCCCCCCCC(C)C)OC(=O)CCCCCCCCCCCCCCCCCCC. The molecule has 98 heavy (non-hydrogen) atoms. The van der Waals surface area contributed by atoms with Crippen molar-refractivity contribution in [1.29, 1.82) is 0 Å². The summed E-state index contributed by atoms with van der Waals surface area (Å²) >= 11 is 0. The van der Waals surface area contributed by atoms with Crippen molar-refractivity contribution in [2.75, 3.05) is 39.6 Å². The molecule has 0 rings (SSSR count). The van der Waals surface area contributed by atoms with E-state index in [0.717, 1.165) is 95.8 Å². The minimum Gasteiger partial charge on any atom is -0.462 e. The van der Waals surface area contributed by atoms with Crippen LogP contribution in [0.2, 0.25) is 0 Å². The lowest BCUT2D eigenvalue weighted by Crippen LogP contribution is -2.30. The van der Waals surface area contributed by atoms with Gasteiger partial charge in [0.2, 0.25) is 0 Å². The lowest BCUT2D eigenvalue weighted by atomic mass is 10.0. The predicted molar refractivity (Wildman–Crippen MR) is 400 cm³/mol. The first-order valence-electron chi connectivity index (χ1n) is 41.1. The number of aliphatic hydroxyl groups excluding tert-OH is 1. The minimum absolute atomic E-state index is 0.107. The lowest BCUT2D eigenvalue weighted by molar-refractivity contribution is -0.161. The molecule has 19 heteroatoms. The minimum atomic E-state index is -4.96. The Hall–Kier alpha value is -1.94. The Morgan fingerprint density at radius 1 is 0.276 bits per heavy atom. The summed E-state index contributed by atoms with van der Waals surface area (Å²) in [6.07, 6.45) is 62.3. The Morgan fingerprint density at radius 2 is 0.469 bits per heavy atom. The van der Waals surface area contributed by atoms with E-state index in [-0.39, 0.29) is 25.7 Å². The summed E-state index contributed by atoms with van der Waals surface area (Å²) in [4.78, 5) is 73.0. The molecular formula is C79H154O17P2. The monoisotopic (exact) mass is 1440 g/mol. The number of carbonyl (C=O) groups excluding carboxylic acids is 4. The molecule has 2 unspecified atom stereocenters. The number of aliphatic hydroxyl groups is 1. The van der Waals surface area contributed by atoms with Crippen molar-refractivity contribution in [3.63, 3.8) is 0 Å². The summed E-state index contributed by atoms with van der Waals surface area (Å²) in [7, 11) is -9.91. The van der Waals surface area contributed by atoms with Crippen LogP contribution in [0, 0.1) is 5.92 Å². The summed E-state index contributed by atoms with van der Waals surface area (Å²) in [5, 5.41) is 10.6. The van der Waals surface area contributed by atoms with Crippen molar-refractivity contribution in [2.24, 2.45) is 5.92 Å². The summed E-state index contributed by atoms with van der Waals surface area (Å²) in [6, 6.07) is 0. The first-order valence-corrected chi connectivity index (χ1v) is 44.1. The highest BCUT2D eigenvalue weighted by atomic mass is 31.2. The quantitative estimate of drug-likeness (QED) is 0.0222. The van der Waals surface area contributed by atoms with E-state index in [1.807, 2.05) is 0 Å². The topological polar surface area (TPSA) is 237 Å². The second kappa shape index (κ2) is 72.0. The number of phosphoric acid groups is 2. The molecule has 0 fully saturated rings. The van der Waals surface area contributed by atoms with Crippen molar-refractivity contribution >= 4 is 39.5 Å². The van der Waals surface area contributed by atoms with Crippen LogP contribution in [0.25, 0.3) is 0 Å². The van der Waals surface area contributed by atoms with E-state index >= 15 is 0 Å².